The van der Waals surface area contributed by atoms with Gasteiger partial charge >= 0.3 is 5.97 Å². The minimum Gasteiger partial charge on any atom is -0.455 e. The first-order valence-corrected chi connectivity index (χ1v) is 17.6. The van der Waals surface area contributed by atoms with Gasteiger partial charge in [-0.05, 0) is 50.3 Å². The van der Waals surface area contributed by atoms with Crippen LogP contribution in [0.4, 0.5) is 0 Å². The molecule has 0 saturated carbocycles. The first-order valence-electron chi connectivity index (χ1n) is 17.6. The minimum atomic E-state index is -1.32. The molecule has 3 amide bonds. The quantitative estimate of drug-likeness (QED) is 0.169. The molecule has 13 nitrogen and oxygen atoms in total. The highest BCUT2D eigenvalue weighted by Crippen LogP contribution is 2.59. The molecule has 3 aromatic rings. The van der Waals surface area contributed by atoms with Crippen molar-refractivity contribution in [3.8, 4) is 0 Å². The molecule has 51 heavy (non-hydrogen) atoms. The molecular weight excluding hydrogens is 652 g/mol. The normalized spacial score (nSPS) is 25.2. The molecule has 6 rings (SSSR count). The van der Waals surface area contributed by atoms with Gasteiger partial charge in [0.25, 0.3) is 0 Å². The molecule has 3 aliphatic rings. The molecule has 8 atom stereocenters. The molecule has 0 aliphatic carbocycles. The zero-order valence-electron chi connectivity index (χ0n) is 29.1. The largest absolute Gasteiger partial charge is 0.455 e. The maximum absolute atomic E-state index is 14.8. The predicted molar refractivity (Wildman–Crippen MR) is 187 cm³/mol. The van der Waals surface area contributed by atoms with E-state index < -0.39 is 65.6 Å². The van der Waals surface area contributed by atoms with Crippen LogP contribution in [0.2, 0.25) is 0 Å². The summed E-state index contributed by atoms with van der Waals surface area (Å²) in [6.45, 7) is 11.0. The van der Waals surface area contributed by atoms with Crippen molar-refractivity contribution in [3.05, 3.63) is 85.5 Å². The van der Waals surface area contributed by atoms with Gasteiger partial charge in [0, 0.05) is 13.0 Å². The van der Waals surface area contributed by atoms with Gasteiger partial charge in [-0.15, -0.1) is 18.3 Å². The summed E-state index contributed by atoms with van der Waals surface area (Å²) >= 11 is 0. The van der Waals surface area contributed by atoms with Crippen LogP contribution in [-0.4, -0.2) is 96.6 Å². The van der Waals surface area contributed by atoms with Crippen LogP contribution in [0.25, 0.3) is 11.0 Å². The fourth-order valence-corrected chi connectivity index (χ4v) is 8.12. The second-order valence-electron chi connectivity index (χ2n) is 13.6. The highest BCUT2D eigenvalue weighted by atomic mass is 16.6. The van der Waals surface area contributed by atoms with Gasteiger partial charge in [0.15, 0.2) is 0 Å². The number of ether oxygens (including phenoxy) is 2. The Morgan fingerprint density at radius 3 is 2.61 bits per heavy atom. The topological polar surface area (TPSA) is 156 Å². The van der Waals surface area contributed by atoms with Crippen LogP contribution in [0.15, 0.2) is 79.9 Å². The van der Waals surface area contributed by atoms with Gasteiger partial charge in [-0.1, -0.05) is 66.8 Å². The third-order valence-corrected chi connectivity index (χ3v) is 10.5. The van der Waals surface area contributed by atoms with E-state index in [2.05, 4.69) is 28.8 Å². The van der Waals surface area contributed by atoms with E-state index in [1.807, 2.05) is 61.5 Å². The van der Waals surface area contributed by atoms with E-state index in [1.165, 1.54) is 4.90 Å². The fourth-order valence-electron chi connectivity index (χ4n) is 8.12. The number of amides is 3. The van der Waals surface area contributed by atoms with Gasteiger partial charge in [0.05, 0.1) is 42.1 Å². The average Bonchev–Trinajstić information content (AvgIpc) is 3.90. The number of aliphatic hydroxyl groups excluding tert-OH is 1. The fraction of sp³-hybridized carbons (Fsp3) is 0.474. The molecule has 0 unspecified atom stereocenters. The lowest BCUT2D eigenvalue weighted by molar-refractivity contribution is -0.162. The molecule has 4 heterocycles. The van der Waals surface area contributed by atoms with Crippen LogP contribution >= 0.6 is 0 Å². The molecule has 1 spiro atoms. The van der Waals surface area contributed by atoms with Crippen molar-refractivity contribution < 1.29 is 33.8 Å². The van der Waals surface area contributed by atoms with Crippen molar-refractivity contribution in [2.24, 2.45) is 11.8 Å². The number of esters is 1. The van der Waals surface area contributed by atoms with Crippen LogP contribution in [0, 0.1) is 11.8 Å². The molecule has 2 N–H and O–H groups in total. The van der Waals surface area contributed by atoms with Crippen molar-refractivity contribution in [3.63, 3.8) is 0 Å². The number of rotatable bonds is 16. The van der Waals surface area contributed by atoms with Crippen molar-refractivity contribution in [2.45, 2.75) is 88.6 Å². The molecule has 0 radical (unpaired) electrons. The summed E-state index contributed by atoms with van der Waals surface area (Å²) in [7, 11) is 0. The number of likely N-dealkylation sites (tertiary alicyclic amines) is 1. The first kappa shape index (κ1) is 35.9. The number of aromatic nitrogens is 3. The number of hydrogen-bond donors (Lipinski definition) is 2. The molecule has 270 valence electrons. The Labute approximate surface area is 297 Å². The van der Waals surface area contributed by atoms with Crippen LogP contribution in [0.1, 0.15) is 57.6 Å². The van der Waals surface area contributed by atoms with Gasteiger partial charge in [-0.25, -0.2) is 4.68 Å². The Morgan fingerprint density at radius 1 is 1.16 bits per heavy atom. The molecule has 1 aromatic heterocycles. The SMILES string of the molecule is C=CCCC(=O)N[C@@H](C)[C@H](OC(=O)[C@@H]1[C@@H]2CC[C@]3(O2)[C@H](C(=O)N(CC=C)Cn2nnc4ccccc42)N([C@@H](CC)CO)C(=O)[C@@H]13)c1ccccc1. The van der Waals surface area contributed by atoms with Gasteiger partial charge < -0.3 is 29.7 Å². The summed E-state index contributed by atoms with van der Waals surface area (Å²) < 4.78 is 14.5. The van der Waals surface area contributed by atoms with Crippen molar-refractivity contribution in [1.82, 2.24) is 30.1 Å². The van der Waals surface area contributed by atoms with E-state index >= 15 is 0 Å². The summed E-state index contributed by atoms with van der Waals surface area (Å²) in [5, 5.41) is 21.9. The van der Waals surface area contributed by atoms with Crippen LogP contribution in [0.3, 0.4) is 0 Å². The van der Waals surface area contributed by atoms with Crippen LogP contribution in [-0.2, 0) is 35.3 Å². The molecule has 3 aliphatic heterocycles. The maximum Gasteiger partial charge on any atom is 0.313 e. The van der Waals surface area contributed by atoms with E-state index in [9.17, 15) is 24.3 Å². The number of hydrogen-bond acceptors (Lipinski definition) is 9. The molecule has 13 heteroatoms. The van der Waals surface area contributed by atoms with E-state index in [4.69, 9.17) is 9.47 Å². The lowest BCUT2D eigenvalue weighted by Crippen LogP contribution is -2.58. The van der Waals surface area contributed by atoms with Crippen molar-refractivity contribution in [1.29, 1.82) is 0 Å². The third kappa shape index (κ3) is 6.56. The monoisotopic (exact) mass is 698 g/mol. The van der Waals surface area contributed by atoms with Crippen LogP contribution < -0.4 is 5.32 Å². The number of benzene rings is 2. The van der Waals surface area contributed by atoms with Gasteiger partial charge in [-0.2, -0.15) is 0 Å². The number of nitrogens with zero attached hydrogens (tertiary/aromatic N) is 5. The maximum atomic E-state index is 14.8. The lowest BCUT2D eigenvalue weighted by atomic mass is 9.70. The highest BCUT2D eigenvalue weighted by Gasteiger charge is 2.75. The number of nitrogens with one attached hydrogen (secondary N) is 1. The Hall–Kier alpha value is -4.88. The minimum absolute atomic E-state index is 0.0324. The molecule has 2 bridgehead atoms. The smallest absolute Gasteiger partial charge is 0.313 e. The highest BCUT2D eigenvalue weighted by molar-refractivity contribution is 5.98. The summed E-state index contributed by atoms with van der Waals surface area (Å²) in [4.78, 5) is 59.4. The number of carbonyl (C=O) groups excluding carboxylic acids is 4. The first-order chi connectivity index (χ1) is 24.7. The Balaban J connectivity index is 1.32. The summed E-state index contributed by atoms with van der Waals surface area (Å²) in [6.07, 6.45) is 3.69. The number of carbonyl (C=O) groups is 4. The van der Waals surface area contributed by atoms with Crippen molar-refractivity contribution >= 4 is 34.7 Å². The number of aliphatic hydroxyl groups is 1. The van der Waals surface area contributed by atoms with E-state index in [0.717, 1.165) is 5.52 Å². The summed E-state index contributed by atoms with van der Waals surface area (Å²) in [6, 6.07) is 14.1. The van der Waals surface area contributed by atoms with Crippen LogP contribution in [0.5, 0.6) is 0 Å². The molecule has 3 fully saturated rings. The Bertz CT molecular complexity index is 1780. The van der Waals surface area contributed by atoms with Gasteiger partial charge in [0.1, 0.15) is 29.9 Å². The Morgan fingerprint density at radius 2 is 1.90 bits per heavy atom. The lowest BCUT2D eigenvalue weighted by Gasteiger charge is -2.39. The predicted octanol–water partition coefficient (Wildman–Crippen LogP) is 3.30. The number of allylic oxidation sites excluding steroid dienone is 1. The summed E-state index contributed by atoms with van der Waals surface area (Å²) in [5.41, 5.74) is 0.767. The zero-order chi connectivity index (χ0) is 36.3. The second-order valence-corrected chi connectivity index (χ2v) is 13.6. The Kier molecular flexibility index (Phi) is 10.7. The molecule has 2 aromatic carbocycles. The summed E-state index contributed by atoms with van der Waals surface area (Å²) in [5.74, 6) is -3.67. The number of fused-ring (bicyclic) bond motifs is 2. The zero-order valence-corrected chi connectivity index (χ0v) is 29.1. The van der Waals surface area contributed by atoms with Crippen molar-refractivity contribution in [2.75, 3.05) is 13.2 Å². The van der Waals surface area contributed by atoms with E-state index in [0.29, 0.717) is 36.8 Å². The molecule has 3 saturated heterocycles. The van der Waals surface area contributed by atoms with Gasteiger partial charge in [-0.3, -0.25) is 19.2 Å². The van der Waals surface area contributed by atoms with E-state index in [-0.39, 0.29) is 32.1 Å². The molecular formula is C38H46N6O7. The van der Waals surface area contributed by atoms with E-state index in [1.54, 1.807) is 28.7 Å². The standard InChI is InChI=1S/C38H46N6O7/c1-5-8-18-30(46)39-24(4)33(25-14-10-9-11-15-25)50-37(49)31-29-19-20-38(51-29)32(31)35(47)44(26(7-3)22-45)34(38)36(48)42(21-6-2)23-43-28-17-13-12-16-27(28)40-41-43/h5-6,9-17,24,26,29,31-34,45H,1-2,7-8,18-23H2,3-4H3,(H,39,46)/t24-,26-,29-,31+,32+,33-,34-,38+/m0/s1. The van der Waals surface area contributed by atoms with Gasteiger partial charge in [0.2, 0.25) is 17.7 Å². The third-order valence-electron chi connectivity index (χ3n) is 10.5. The number of para-hydroxylation sites is 1. The average molecular weight is 699 g/mol. The second kappa shape index (κ2) is 15.2.